The number of nitrogens with one attached hydrogen (secondary N) is 1. The molecule has 0 spiro atoms. The second-order valence-electron chi connectivity index (χ2n) is 3.48. The minimum Gasteiger partial charge on any atom is -0.326 e. The number of hydroxylamine groups is 1. The summed E-state index contributed by atoms with van der Waals surface area (Å²) >= 11 is 0. The minimum atomic E-state index is -1.05. The van der Waals surface area contributed by atoms with Crippen molar-refractivity contribution in [3.8, 4) is 6.07 Å². The number of hydrogen-bond acceptors (Lipinski definition) is 4. The second-order valence-corrected chi connectivity index (χ2v) is 3.48. The van der Waals surface area contributed by atoms with E-state index in [1.54, 1.807) is 0 Å². The van der Waals surface area contributed by atoms with Crippen LogP contribution in [0.4, 0.5) is 0 Å². The largest absolute Gasteiger partial charge is 0.326 e. The van der Waals surface area contributed by atoms with Crippen LogP contribution in [0.1, 0.15) is 5.82 Å². The Balaban J connectivity index is 0.000000963. The third kappa shape index (κ3) is 1.47. The van der Waals surface area contributed by atoms with Gasteiger partial charge in [-0.25, -0.2) is 9.82 Å². The van der Waals surface area contributed by atoms with E-state index in [4.69, 9.17) is 10.1 Å². The van der Waals surface area contributed by atoms with E-state index in [2.05, 4.69) is 16.5 Å². The normalized spacial score (nSPS) is 22.5. The Labute approximate surface area is 114 Å². The number of hydrogen-bond donors (Lipinski definition) is 1. The second kappa shape index (κ2) is 3.84. The van der Waals surface area contributed by atoms with Crippen LogP contribution in [0.5, 0.6) is 0 Å². The van der Waals surface area contributed by atoms with E-state index >= 15 is 0 Å². The van der Waals surface area contributed by atoms with Crippen LogP contribution in [0.25, 0.3) is 11.0 Å². The number of aryl methyl sites for hydroxylation is 1. The number of nitriles is 1. The quantitative estimate of drug-likeness (QED) is 0.561. The first kappa shape index (κ1) is 11.6. The topological polar surface area (TPSA) is 76.1 Å². The van der Waals surface area contributed by atoms with E-state index in [0.717, 1.165) is 11.0 Å². The molecule has 1 aliphatic rings. The van der Waals surface area contributed by atoms with Crippen molar-refractivity contribution in [1.29, 1.82) is 5.26 Å². The molecular weight excluding hydrogens is 215 g/mol. The maximum absolute atomic E-state index is 8.97. The van der Waals surface area contributed by atoms with Crippen molar-refractivity contribution in [3.05, 3.63) is 30.1 Å². The van der Waals surface area contributed by atoms with Crippen molar-refractivity contribution in [1.82, 2.24) is 15.0 Å². The summed E-state index contributed by atoms with van der Waals surface area (Å²) in [5, 5.41) is 8.97. The average molecular weight is 223 g/mol. The molecule has 1 atom stereocenters. The number of rotatable bonds is 1. The predicted octanol–water partition coefficient (Wildman–Crippen LogP) is 0.404. The summed E-state index contributed by atoms with van der Waals surface area (Å²) in [5.74, 6) is 0.589. The summed E-state index contributed by atoms with van der Waals surface area (Å²) in [6.45, 7) is 0. The number of benzene rings is 1. The Morgan fingerprint density at radius 3 is 2.75 bits per heavy atom. The molecule has 1 aromatic carbocycles. The molecule has 2 heterocycles. The van der Waals surface area contributed by atoms with E-state index in [1.165, 1.54) is 0 Å². The first-order valence-corrected chi connectivity index (χ1v) is 4.55. The van der Waals surface area contributed by atoms with E-state index in [-0.39, 0.29) is 29.6 Å². The average Bonchev–Trinajstić information content (AvgIpc) is 3.00. The molecule has 5 nitrogen and oxygen atoms in total. The van der Waals surface area contributed by atoms with Gasteiger partial charge >= 0.3 is 5.72 Å². The zero-order valence-electron chi connectivity index (χ0n) is 9.06. The molecule has 1 saturated heterocycles. The molecule has 0 saturated carbocycles. The molecule has 0 amide bonds. The molecule has 0 aliphatic carbocycles. The number of fused-ring (bicyclic) bond motifs is 1. The fraction of sp³-hybridized carbons (Fsp3) is 0.200. The van der Waals surface area contributed by atoms with Crippen molar-refractivity contribution < 1.29 is 4.84 Å². The van der Waals surface area contributed by atoms with Gasteiger partial charge in [-0.2, -0.15) is 5.26 Å². The first-order chi connectivity index (χ1) is 7.27. The summed E-state index contributed by atoms with van der Waals surface area (Å²) in [7, 11) is 1.87. The van der Waals surface area contributed by atoms with Gasteiger partial charge in [-0.15, -0.1) is 5.48 Å². The molecule has 3 rings (SSSR count). The van der Waals surface area contributed by atoms with Gasteiger partial charge in [-0.05, 0) is 12.1 Å². The van der Waals surface area contributed by atoms with E-state index in [1.807, 2.05) is 35.9 Å². The van der Waals surface area contributed by atoms with E-state index < -0.39 is 5.72 Å². The number of aromatic nitrogens is 2. The third-order valence-electron chi connectivity index (χ3n) is 2.57. The Bertz CT molecular complexity index is 582. The monoisotopic (exact) mass is 223 g/mol. The number of imidazole rings is 1. The van der Waals surface area contributed by atoms with Gasteiger partial charge in [0.2, 0.25) is 0 Å². The molecule has 0 bridgehead atoms. The van der Waals surface area contributed by atoms with Crippen LogP contribution in [0, 0.1) is 11.3 Å². The standard InChI is InChI=1S/C10H8N4O.Na/c1-14-8-5-3-2-4-7(8)12-9(14)10(6-11)13-15-10;/h2-5,13H,1H3;. The first-order valence-electron chi connectivity index (χ1n) is 4.55. The zero-order valence-corrected chi connectivity index (χ0v) is 11.1. The van der Waals surface area contributed by atoms with Crippen LogP contribution in [0.15, 0.2) is 24.3 Å². The molecule has 2 aromatic rings. The molecule has 6 heteroatoms. The van der Waals surface area contributed by atoms with Crippen molar-refractivity contribution in [2.75, 3.05) is 0 Å². The Morgan fingerprint density at radius 1 is 1.50 bits per heavy atom. The van der Waals surface area contributed by atoms with Crippen LogP contribution in [0.3, 0.4) is 0 Å². The van der Waals surface area contributed by atoms with Crippen LogP contribution in [-0.4, -0.2) is 39.1 Å². The summed E-state index contributed by atoms with van der Waals surface area (Å²) in [6, 6.07) is 9.78. The molecule has 1 aliphatic heterocycles. The van der Waals surface area contributed by atoms with Crippen LogP contribution in [-0.2, 0) is 17.6 Å². The molecule has 1 N–H and O–H groups in total. The van der Waals surface area contributed by atoms with Gasteiger partial charge in [0, 0.05) is 36.6 Å². The van der Waals surface area contributed by atoms with Gasteiger partial charge < -0.3 is 4.57 Å². The summed E-state index contributed by atoms with van der Waals surface area (Å²) in [6.07, 6.45) is 0. The molecule has 1 radical (unpaired) electrons. The van der Waals surface area contributed by atoms with E-state index in [9.17, 15) is 0 Å². The molecule has 1 aromatic heterocycles. The van der Waals surface area contributed by atoms with Crippen molar-refractivity contribution in [2.24, 2.45) is 7.05 Å². The maximum Gasteiger partial charge on any atom is 0.305 e. The Kier molecular flexibility index (Phi) is 2.78. The van der Waals surface area contributed by atoms with Crippen molar-refractivity contribution >= 4 is 40.6 Å². The zero-order chi connectivity index (χ0) is 10.5. The van der Waals surface area contributed by atoms with Crippen LogP contribution in [0.2, 0.25) is 0 Å². The number of para-hydroxylation sites is 2. The third-order valence-corrected chi connectivity index (χ3v) is 2.57. The predicted molar refractivity (Wildman–Crippen MR) is 58.0 cm³/mol. The van der Waals surface area contributed by atoms with Crippen molar-refractivity contribution in [3.63, 3.8) is 0 Å². The summed E-state index contributed by atoms with van der Waals surface area (Å²) in [5.41, 5.74) is 3.37. The van der Waals surface area contributed by atoms with Gasteiger partial charge in [0.1, 0.15) is 6.07 Å². The van der Waals surface area contributed by atoms with Gasteiger partial charge in [0.25, 0.3) is 0 Å². The molecule has 16 heavy (non-hydrogen) atoms. The van der Waals surface area contributed by atoms with Gasteiger partial charge in [0.05, 0.1) is 11.0 Å². The van der Waals surface area contributed by atoms with E-state index in [0.29, 0.717) is 5.82 Å². The minimum absolute atomic E-state index is 0. The van der Waals surface area contributed by atoms with Gasteiger partial charge in [0.15, 0.2) is 5.82 Å². The molecule has 1 fully saturated rings. The van der Waals surface area contributed by atoms with Crippen molar-refractivity contribution in [2.45, 2.75) is 5.72 Å². The summed E-state index contributed by atoms with van der Waals surface area (Å²) < 4.78 is 1.86. The maximum atomic E-state index is 8.97. The van der Waals surface area contributed by atoms with Crippen LogP contribution < -0.4 is 5.48 Å². The smallest absolute Gasteiger partial charge is 0.305 e. The molecule has 1 unspecified atom stereocenters. The number of nitrogens with zero attached hydrogens (tertiary/aromatic N) is 3. The van der Waals surface area contributed by atoms with Gasteiger partial charge in [-0.3, -0.25) is 0 Å². The molecular formula is C10H8N4NaO. The fourth-order valence-electron chi connectivity index (χ4n) is 1.70. The Morgan fingerprint density at radius 2 is 2.19 bits per heavy atom. The molecule has 75 valence electrons. The summed E-state index contributed by atoms with van der Waals surface area (Å²) in [4.78, 5) is 9.32. The van der Waals surface area contributed by atoms with Crippen LogP contribution >= 0.6 is 0 Å². The Hall–Kier alpha value is -0.900. The fourth-order valence-corrected chi connectivity index (χ4v) is 1.70. The SMILES string of the molecule is Cn1c(C2(C#N)NO2)nc2ccccc21.[Na]. The van der Waals surface area contributed by atoms with Gasteiger partial charge in [-0.1, -0.05) is 12.1 Å².